The summed E-state index contributed by atoms with van der Waals surface area (Å²) < 4.78 is 26.9. The monoisotopic (exact) mass is 394 g/mol. The van der Waals surface area contributed by atoms with E-state index >= 15 is 0 Å². The van der Waals surface area contributed by atoms with Gasteiger partial charge in [0.15, 0.2) is 0 Å². The predicted molar refractivity (Wildman–Crippen MR) is 98.3 cm³/mol. The van der Waals surface area contributed by atoms with Crippen molar-refractivity contribution < 1.29 is 23.1 Å². The summed E-state index contributed by atoms with van der Waals surface area (Å²) in [6.07, 6.45) is 2.72. The van der Waals surface area contributed by atoms with Gasteiger partial charge in [-0.25, -0.2) is 13.2 Å². The molecule has 1 fully saturated rings. The normalized spacial score (nSPS) is 15.5. The van der Waals surface area contributed by atoms with E-state index in [1.165, 1.54) is 28.6 Å². The van der Waals surface area contributed by atoms with Crippen molar-refractivity contribution in [3.63, 3.8) is 0 Å². The maximum Gasteiger partial charge on any atom is 0.345 e. The Morgan fingerprint density at radius 3 is 2.38 bits per heavy atom. The van der Waals surface area contributed by atoms with E-state index in [9.17, 15) is 18.0 Å². The third-order valence-corrected chi connectivity index (χ3v) is 7.05. The van der Waals surface area contributed by atoms with Gasteiger partial charge in [0.2, 0.25) is 10.0 Å². The number of benzene rings is 1. The summed E-state index contributed by atoms with van der Waals surface area (Å²) >= 11 is 0.863. The molecule has 2 N–H and O–H groups in total. The highest BCUT2D eigenvalue weighted by molar-refractivity contribution is 7.89. The van der Waals surface area contributed by atoms with E-state index in [-0.39, 0.29) is 14.6 Å². The number of piperidine rings is 1. The predicted octanol–water partition coefficient (Wildman–Crippen LogP) is 2.87. The minimum absolute atomic E-state index is 0.0663. The fourth-order valence-electron chi connectivity index (χ4n) is 2.76. The van der Waals surface area contributed by atoms with Gasteiger partial charge in [0.25, 0.3) is 5.91 Å². The number of nitrogens with zero attached hydrogens (tertiary/aromatic N) is 1. The summed E-state index contributed by atoms with van der Waals surface area (Å²) in [7, 11) is -3.59. The van der Waals surface area contributed by atoms with Gasteiger partial charge in [-0.1, -0.05) is 12.5 Å². The molecule has 7 nitrogen and oxygen atoms in total. The van der Waals surface area contributed by atoms with Crippen molar-refractivity contribution in [1.29, 1.82) is 0 Å². The summed E-state index contributed by atoms with van der Waals surface area (Å²) in [5.41, 5.74) is 0.346. The Bertz CT molecular complexity index is 930. The Hall–Kier alpha value is -2.23. The zero-order valence-electron chi connectivity index (χ0n) is 13.8. The molecule has 0 unspecified atom stereocenters. The number of amides is 1. The van der Waals surface area contributed by atoms with Gasteiger partial charge in [-0.15, -0.1) is 11.3 Å². The molecule has 1 saturated heterocycles. The number of rotatable bonds is 5. The number of anilines is 1. The molecule has 0 spiro atoms. The molecule has 2 aromatic rings. The van der Waals surface area contributed by atoms with E-state index in [0.29, 0.717) is 18.8 Å². The number of thiophene rings is 1. The van der Waals surface area contributed by atoms with Crippen LogP contribution in [0.4, 0.5) is 5.69 Å². The van der Waals surface area contributed by atoms with Gasteiger partial charge in [-0.05, 0) is 43.2 Å². The van der Waals surface area contributed by atoms with Crippen LogP contribution in [0.3, 0.4) is 0 Å². The van der Waals surface area contributed by atoms with Crippen LogP contribution in [0.15, 0.2) is 41.3 Å². The van der Waals surface area contributed by atoms with Gasteiger partial charge in [-0.2, -0.15) is 4.31 Å². The van der Waals surface area contributed by atoms with Crippen LogP contribution in [0.25, 0.3) is 0 Å². The first kappa shape index (κ1) is 18.6. The lowest BCUT2D eigenvalue weighted by Crippen LogP contribution is -2.35. The van der Waals surface area contributed by atoms with Crippen molar-refractivity contribution in [2.24, 2.45) is 0 Å². The summed E-state index contributed by atoms with van der Waals surface area (Å²) in [5, 5.41) is 11.5. The maximum absolute atomic E-state index is 12.7. The van der Waals surface area contributed by atoms with E-state index in [0.717, 1.165) is 30.6 Å². The maximum atomic E-state index is 12.7. The topological polar surface area (TPSA) is 104 Å². The fourth-order valence-corrected chi connectivity index (χ4v) is 5.06. The van der Waals surface area contributed by atoms with Crippen molar-refractivity contribution >= 4 is 38.9 Å². The van der Waals surface area contributed by atoms with Crippen LogP contribution in [0.1, 0.15) is 38.6 Å². The lowest BCUT2D eigenvalue weighted by molar-refractivity contribution is 0.0702. The number of sulfonamides is 1. The van der Waals surface area contributed by atoms with E-state index in [4.69, 9.17) is 5.11 Å². The molecule has 9 heteroatoms. The summed E-state index contributed by atoms with van der Waals surface area (Å²) in [6, 6.07) is 8.89. The number of carboxylic acid groups (broad SMARTS) is 1. The molecule has 3 rings (SSSR count). The summed E-state index contributed by atoms with van der Waals surface area (Å²) in [6.45, 7) is 1.01. The molecule has 0 saturated carbocycles. The Balaban J connectivity index is 1.78. The van der Waals surface area contributed by atoms with E-state index in [1.807, 2.05) is 0 Å². The molecule has 26 heavy (non-hydrogen) atoms. The van der Waals surface area contributed by atoms with Crippen LogP contribution in [0.5, 0.6) is 0 Å². The van der Waals surface area contributed by atoms with Crippen LogP contribution in [0.2, 0.25) is 0 Å². The molecule has 0 atom stereocenters. The number of carboxylic acids is 1. The highest BCUT2D eigenvalue weighted by Gasteiger charge is 2.26. The Labute approximate surface area is 155 Å². The molecule has 1 amide bonds. The second-order valence-corrected chi connectivity index (χ2v) is 8.94. The summed E-state index contributed by atoms with van der Waals surface area (Å²) in [5.74, 6) is -1.57. The highest BCUT2D eigenvalue weighted by atomic mass is 32.2. The molecule has 1 aromatic heterocycles. The fraction of sp³-hybridized carbons (Fsp3) is 0.294. The van der Waals surface area contributed by atoms with E-state index in [1.54, 1.807) is 12.1 Å². The highest BCUT2D eigenvalue weighted by Crippen LogP contribution is 2.24. The standard InChI is InChI=1S/C17H18N2O5S2/c20-16(14-7-8-15(25-14)17(21)22)18-12-5-4-6-13(11-12)26(23,24)19-9-2-1-3-10-19/h4-8,11H,1-3,9-10H2,(H,18,20)(H,21,22). The van der Waals surface area contributed by atoms with Crippen LogP contribution < -0.4 is 5.32 Å². The third kappa shape index (κ3) is 3.95. The molecule has 1 aliphatic heterocycles. The zero-order chi connectivity index (χ0) is 18.7. The first-order valence-electron chi connectivity index (χ1n) is 8.12. The second kappa shape index (κ2) is 7.56. The van der Waals surface area contributed by atoms with Gasteiger partial charge < -0.3 is 10.4 Å². The van der Waals surface area contributed by atoms with Crippen LogP contribution >= 0.6 is 11.3 Å². The Kier molecular flexibility index (Phi) is 5.40. The van der Waals surface area contributed by atoms with E-state index in [2.05, 4.69) is 5.32 Å². The average Bonchev–Trinajstić information content (AvgIpc) is 3.13. The molecule has 0 radical (unpaired) electrons. The molecule has 138 valence electrons. The van der Waals surface area contributed by atoms with Gasteiger partial charge in [0, 0.05) is 18.8 Å². The minimum atomic E-state index is -3.59. The first-order valence-corrected chi connectivity index (χ1v) is 10.4. The molecule has 2 heterocycles. The molecular weight excluding hydrogens is 376 g/mol. The smallest absolute Gasteiger partial charge is 0.345 e. The minimum Gasteiger partial charge on any atom is -0.477 e. The van der Waals surface area contributed by atoms with Gasteiger partial charge in [0.1, 0.15) is 4.88 Å². The molecule has 0 aliphatic carbocycles. The second-order valence-electron chi connectivity index (χ2n) is 5.92. The number of hydrogen-bond donors (Lipinski definition) is 2. The van der Waals surface area contributed by atoms with Crippen molar-refractivity contribution in [2.45, 2.75) is 24.2 Å². The molecule has 1 aliphatic rings. The van der Waals surface area contributed by atoms with Gasteiger partial charge in [0.05, 0.1) is 9.77 Å². The molecule has 1 aromatic carbocycles. The first-order chi connectivity index (χ1) is 12.4. The number of carbonyl (C=O) groups excluding carboxylic acids is 1. The van der Waals surface area contributed by atoms with Gasteiger partial charge in [-0.3, -0.25) is 4.79 Å². The lowest BCUT2D eigenvalue weighted by Gasteiger charge is -2.26. The largest absolute Gasteiger partial charge is 0.477 e. The van der Waals surface area contributed by atoms with Crippen LogP contribution in [-0.2, 0) is 10.0 Å². The Morgan fingerprint density at radius 2 is 1.73 bits per heavy atom. The van der Waals surface area contributed by atoms with Crippen molar-refractivity contribution in [1.82, 2.24) is 4.31 Å². The average molecular weight is 394 g/mol. The number of nitrogens with one attached hydrogen (secondary N) is 1. The number of hydrogen-bond acceptors (Lipinski definition) is 5. The lowest BCUT2D eigenvalue weighted by atomic mass is 10.2. The van der Waals surface area contributed by atoms with Crippen molar-refractivity contribution in [2.75, 3.05) is 18.4 Å². The van der Waals surface area contributed by atoms with Crippen LogP contribution in [-0.4, -0.2) is 42.8 Å². The molecule has 0 bridgehead atoms. The van der Waals surface area contributed by atoms with E-state index < -0.39 is 21.9 Å². The third-order valence-electron chi connectivity index (χ3n) is 4.09. The SMILES string of the molecule is O=C(O)c1ccc(C(=O)Nc2cccc(S(=O)(=O)N3CCCCC3)c2)s1. The van der Waals surface area contributed by atoms with Gasteiger partial charge >= 0.3 is 5.97 Å². The number of aromatic carboxylic acids is 1. The molecular formula is C17H18N2O5S2. The number of carbonyl (C=O) groups is 2. The van der Waals surface area contributed by atoms with Crippen molar-refractivity contribution in [3.8, 4) is 0 Å². The Morgan fingerprint density at radius 1 is 1.04 bits per heavy atom. The van der Waals surface area contributed by atoms with Crippen molar-refractivity contribution in [3.05, 3.63) is 46.2 Å². The van der Waals surface area contributed by atoms with Crippen LogP contribution in [0, 0.1) is 0 Å². The summed E-state index contributed by atoms with van der Waals surface area (Å²) in [4.78, 5) is 23.6. The zero-order valence-corrected chi connectivity index (χ0v) is 15.5. The quantitative estimate of drug-likeness (QED) is 0.811.